The van der Waals surface area contributed by atoms with Crippen molar-refractivity contribution in [1.29, 1.82) is 0 Å². The van der Waals surface area contributed by atoms with E-state index in [1.54, 1.807) is 5.57 Å². The molecule has 3 nitrogen and oxygen atoms in total. The average molecular weight is 445 g/mol. The highest BCUT2D eigenvalue weighted by Gasteiger charge is 2.59. The Morgan fingerprint density at radius 3 is 2.56 bits per heavy atom. The maximum absolute atomic E-state index is 11.6. The molecular formula is C29H48O3. The minimum atomic E-state index is -0.527. The molecule has 0 aromatic carbocycles. The van der Waals surface area contributed by atoms with E-state index in [0.29, 0.717) is 10.8 Å². The summed E-state index contributed by atoms with van der Waals surface area (Å²) in [5.41, 5.74) is 2.42. The van der Waals surface area contributed by atoms with Crippen molar-refractivity contribution < 1.29 is 14.3 Å². The molecule has 0 aromatic rings. The third-order valence-electron chi connectivity index (χ3n) is 10.7. The fourth-order valence-electron chi connectivity index (χ4n) is 8.94. The predicted molar refractivity (Wildman–Crippen MR) is 130 cm³/mol. The van der Waals surface area contributed by atoms with Crippen molar-refractivity contribution in [2.75, 3.05) is 7.11 Å². The van der Waals surface area contributed by atoms with E-state index in [-0.39, 0.29) is 6.10 Å². The second kappa shape index (κ2) is 9.34. The van der Waals surface area contributed by atoms with Crippen LogP contribution >= 0.6 is 0 Å². The van der Waals surface area contributed by atoms with Gasteiger partial charge in [-0.1, -0.05) is 65.5 Å². The molecule has 0 N–H and O–H groups in total. The molecule has 0 amide bonds. The van der Waals surface area contributed by atoms with Gasteiger partial charge in [-0.25, -0.2) is 4.79 Å². The van der Waals surface area contributed by atoms with Gasteiger partial charge in [0.15, 0.2) is 0 Å². The van der Waals surface area contributed by atoms with Crippen LogP contribution in [0.15, 0.2) is 11.6 Å². The highest BCUT2D eigenvalue weighted by molar-refractivity contribution is 5.59. The Balaban J connectivity index is 1.45. The van der Waals surface area contributed by atoms with Crippen LogP contribution in [0.3, 0.4) is 0 Å². The van der Waals surface area contributed by atoms with Crippen LogP contribution in [-0.2, 0) is 9.47 Å². The highest BCUT2D eigenvalue weighted by Crippen LogP contribution is 2.67. The maximum atomic E-state index is 11.6. The lowest BCUT2D eigenvalue weighted by atomic mass is 9.47. The van der Waals surface area contributed by atoms with Crippen molar-refractivity contribution in [3.05, 3.63) is 11.6 Å². The summed E-state index contributed by atoms with van der Waals surface area (Å²) in [6.07, 6.45) is 16.2. The summed E-state index contributed by atoms with van der Waals surface area (Å²) < 4.78 is 10.3. The van der Waals surface area contributed by atoms with Crippen LogP contribution < -0.4 is 0 Å². The first kappa shape index (κ1) is 24.1. The van der Waals surface area contributed by atoms with Crippen LogP contribution in [-0.4, -0.2) is 19.4 Å². The van der Waals surface area contributed by atoms with Gasteiger partial charge in [0.25, 0.3) is 0 Å². The molecule has 0 aromatic heterocycles. The van der Waals surface area contributed by atoms with Crippen molar-refractivity contribution in [1.82, 2.24) is 0 Å². The lowest BCUT2D eigenvalue weighted by Crippen LogP contribution is -2.51. The topological polar surface area (TPSA) is 35.5 Å². The number of fused-ring (bicyclic) bond motifs is 5. The Labute approximate surface area is 197 Å². The third kappa shape index (κ3) is 4.27. The Morgan fingerprint density at radius 2 is 1.84 bits per heavy atom. The number of rotatable bonds is 6. The molecular weight excluding hydrogens is 396 g/mol. The molecule has 0 spiro atoms. The van der Waals surface area contributed by atoms with E-state index in [4.69, 9.17) is 9.47 Å². The SMILES string of the molecule is COC(=O)O[C@H]1CC[C@@]2(C)C(=CC[C@H]3[C@@H]4CC[C@H]([C@@H](C)CCCC(C)C)[C@@]4(C)CC[C@@H]32)C1. The van der Waals surface area contributed by atoms with Crippen molar-refractivity contribution in [3.63, 3.8) is 0 Å². The molecule has 3 heteroatoms. The first-order valence-electron chi connectivity index (χ1n) is 13.6. The van der Waals surface area contributed by atoms with Gasteiger partial charge in [-0.2, -0.15) is 0 Å². The van der Waals surface area contributed by atoms with Gasteiger partial charge in [0, 0.05) is 6.42 Å². The van der Waals surface area contributed by atoms with Crippen molar-refractivity contribution in [2.24, 2.45) is 46.3 Å². The average Bonchev–Trinajstić information content (AvgIpc) is 3.11. The summed E-state index contributed by atoms with van der Waals surface area (Å²) >= 11 is 0. The number of carbonyl (C=O) groups excluding carboxylic acids is 1. The second-order valence-corrected chi connectivity index (χ2v) is 12.7. The fraction of sp³-hybridized carbons (Fsp3) is 0.897. The zero-order valence-corrected chi connectivity index (χ0v) is 21.6. The fourth-order valence-corrected chi connectivity index (χ4v) is 8.94. The quantitative estimate of drug-likeness (QED) is 0.306. The third-order valence-corrected chi connectivity index (χ3v) is 10.7. The monoisotopic (exact) mass is 444 g/mol. The summed E-state index contributed by atoms with van der Waals surface area (Å²) in [5, 5.41) is 0. The number of hydrogen-bond acceptors (Lipinski definition) is 3. The van der Waals surface area contributed by atoms with E-state index in [1.807, 2.05) is 0 Å². The van der Waals surface area contributed by atoms with Crippen molar-refractivity contribution in [3.8, 4) is 0 Å². The van der Waals surface area contributed by atoms with Gasteiger partial charge in [0.2, 0.25) is 0 Å². The van der Waals surface area contributed by atoms with Crippen LogP contribution in [0.5, 0.6) is 0 Å². The molecule has 0 saturated heterocycles. The predicted octanol–water partition coefficient (Wildman–Crippen LogP) is 8.18. The van der Waals surface area contributed by atoms with Crippen molar-refractivity contribution >= 4 is 6.16 Å². The minimum absolute atomic E-state index is 0.00488. The van der Waals surface area contributed by atoms with E-state index in [2.05, 4.69) is 40.7 Å². The Kier molecular flexibility index (Phi) is 7.04. The van der Waals surface area contributed by atoms with E-state index < -0.39 is 6.16 Å². The summed E-state index contributed by atoms with van der Waals surface area (Å²) in [6.45, 7) is 12.5. The van der Waals surface area contributed by atoms with Gasteiger partial charge >= 0.3 is 6.16 Å². The van der Waals surface area contributed by atoms with Gasteiger partial charge < -0.3 is 9.47 Å². The Hall–Kier alpha value is -0.990. The molecule has 0 aliphatic heterocycles. The Morgan fingerprint density at radius 1 is 1.06 bits per heavy atom. The molecule has 0 bridgehead atoms. The summed E-state index contributed by atoms with van der Waals surface area (Å²) in [6, 6.07) is 0. The summed E-state index contributed by atoms with van der Waals surface area (Å²) in [5.74, 6) is 5.20. The number of ether oxygens (including phenoxy) is 2. The molecule has 3 saturated carbocycles. The molecule has 0 heterocycles. The molecule has 4 aliphatic rings. The largest absolute Gasteiger partial charge is 0.508 e. The number of allylic oxidation sites excluding steroid dienone is 1. The van der Waals surface area contributed by atoms with Crippen LogP contribution in [0.1, 0.15) is 105 Å². The van der Waals surface area contributed by atoms with Gasteiger partial charge in [-0.15, -0.1) is 0 Å². The Bertz CT molecular complexity index is 711. The van der Waals surface area contributed by atoms with Gasteiger partial charge in [0.05, 0.1) is 7.11 Å². The van der Waals surface area contributed by atoms with Gasteiger partial charge in [-0.05, 0) is 91.3 Å². The van der Waals surface area contributed by atoms with E-state index >= 15 is 0 Å². The summed E-state index contributed by atoms with van der Waals surface area (Å²) in [4.78, 5) is 11.6. The standard InChI is InChI=1S/C29H48O3/c1-19(2)8-7-9-20(3)24-12-13-25-23-11-10-21-18-22(32-27(30)31-6)14-16-28(21,4)26(23)15-17-29(24,25)5/h10,19-20,22-26H,7-9,11-18H2,1-6H3/t20-,22-,23-,24+,25-,26-,28-,29+/m0/s1. The van der Waals surface area contributed by atoms with Crippen LogP contribution in [0, 0.1) is 46.3 Å². The second-order valence-electron chi connectivity index (χ2n) is 12.7. The minimum Gasteiger partial charge on any atom is -0.438 e. The molecule has 3 fully saturated rings. The molecule has 32 heavy (non-hydrogen) atoms. The van der Waals surface area contributed by atoms with Crippen LogP contribution in [0.25, 0.3) is 0 Å². The number of methoxy groups -OCH3 is 1. The van der Waals surface area contributed by atoms with Crippen LogP contribution in [0.2, 0.25) is 0 Å². The first-order chi connectivity index (χ1) is 15.2. The lowest BCUT2D eigenvalue weighted by molar-refractivity contribution is -0.0608. The molecule has 8 atom stereocenters. The summed E-state index contributed by atoms with van der Waals surface area (Å²) in [7, 11) is 1.40. The first-order valence-corrected chi connectivity index (χ1v) is 13.6. The lowest BCUT2D eigenvalue weighted by Gasteiger charge is -2.58. The molecule has 0 radical (unpaired) electrons. The van der Waals surface area contributed by atoms with Gasteiger partial charge in [0.1, 0.15) is 6.10 Å². The molecule has 4 aliphatic carbocycles. The van der Waals surface area contributed by atoms with Gasteiger partial charge in [-0.3, -0.25) is 0 Å². The molecule has 182 valence electrons. The highest BCUT2D eigenvalue weighted by atomic mass is 16.7. The normalized spacial score (nSPS) is 41.8. The maximum Gasteiger partial charge on any atom is 0.508 e. The molecule has 0 unspecified atom stereocenters. The zero-order valence-electron chi connectivity index (χ0n) is 21.6. The number of hydrogen-bond donors (Lipinski definition) is 0. The molecule has 4 rings (SSSR count). The van der Waals surface area contributed by atoms with Crippen LogP contribution in [0.4, 0.5) is 4.79 Å². The van der Waals surface area contributed by atoms with Crippen molar-refractivity contribution in [2.45, 2.75) is 111 Å². The number of carbonyl (C=O) groups is 1. The van der Waals surface area contributed by atoms with E-state index in [9.17, 15) is 4.79 Å². The zero-order chi connectivity index (χ0) is 23.1. The van der Waals surface area contributed by atoms with E-state index in [1.165, 1.54) is 58.5 Å². The smallest absolute Gasteiger partial charge is 0.438 e. The van der Waals surface area contributed by atoms with E-state index in [0.717, 1.165) is 54.8 Å².